The Morgan fingerprint density at radius 2 is 2.38 bits per heavy atom. The first kappa shape index (κ1) is 13.4. The number of carbonyl (C=O) groups excluding carboxylic acids is 1. The third-order valence-corrected chi connectivity index (χ3v) is 3.93. The van der Waals surface area contributed by atoms with Crippen molar-refractivity contribution < 1.29 is 4.79 Å². The average molecular weight is 283 g/mol. The summed E-state index contributed by atoms with van der Waals surface area (Å²) in [5, 5.41) is 9.44. The van der Waals surface area contributed by atoms with Gasteiger partial charge in [-0.1, -0.05) is 6.07 Å². The van der Waals surface area contributed by atoms with E-state index in [9.17, 15) is 10.1 Å². The molecule has 0 unspecified atom stereocenters. The van der Waals surface area contributed by atoms with Gasteiger partial charge < -0.3 is 10.6 Å². The molecule has 0 radical (unpaired) electrons. The van der Waals surface area contributed by atoms with Crippen LogP contribution in [0.4, 0.5) is 5.82 Å². The number of amides is 1. The maximum absolute atomic E-state index is 11.1. The van der Waals surface area contributed by atoms with Gasteiger partial charge in [0.05, 0.1) is 0 Å². The smallest absolute Gasteiger partial charge is 0.217 e. The first-order valence-corrected chi connectivity index (χ1v) is 7.09. The molecule has 108 valence electrons. The molecule has 1 saturated heterocycles. The number of imidazole rings is 1. The van der Waals surface area contributed by atoms with Crippen molar-refractivity contribution in [2.75, 3.05) is 18.0 Å². The minimum Gasteiger partial charge on any atom is -0.370 e. The number of rotatable bonds is 3. The Balaban J connectivity index is 1.93. The highest BCUT2D eigenvalue weighted by Crippen LogP contribution is 2.27. The zero-order valence-electron chi connectivity index (χ0n) is 11.7. The lowest BCUT2D eigenvalue weighted by Gasteiger charge is -2.32. The molecule has 6 nitrogen and oxygen atoms in total. The fourth-order valence-electron chi connectivity index (χ4n) is 3.02. The minimum absolute atomic E-state index is 0.243. The molecule has 0 spiro atoms. The van der Waals surface area contributed by atoms with Gasteiger partial charge in [-0.05, 0) is 30.9 Å². The van der Waals surface area contributed by atoms with Gasteiger partial charge in [-0.15, -0.1) is 0 Å². The SMILES string of the molecule is N#Cc1c(N2CCC[C@@H](CC(N)=O)C2)nc2ccccn12. The molecule has 1 atom stereocenters. The van der Waals surface area contributed by atoms with Gasteiger partial charge in [0.25, 0.3) is 0 Å². The van der Waals surface area contributed by atoms with Crippen LogP contribution in [0, 0.1) is 17.2 Å². The molecule has 6 heteroatoms. The van der Waals surface area contributed by atoms with E-state index in [0.29, 0.717) is 17.9 Å². The summed E-state index contributed by atoms with van der Waals surface area (Å²) in [4.78, 5) is 17.8. The highest BCUT2D eigenvalue weighted by Gasteiger charge is 2.25. The lowest BCUT2D eigenvalue weighted by atomic mass is 9.94. The molecule has 0 aliphatic carbocycles. The molecule has 3 heterocycles. The number of fused-ring (bicyclic) bond motifs is 1. The van der Waals surface area contributed by atoms with Crippen molar-refractivity contribution in [3.05, 3.63) is 30.1 Å². The number of anilines is 1. The van der Waals surface area contributed by atoms with Crippen LogP contribution in [-0.4, -0.2) is 28.4 Å². The number of hydrogen-bond donors (Lipinski definition) is 1. The van der Waals surface area contributed by atoms with Gasteiger partial charge in [-0.25, -0.2) is 4.98 Å². The van der Waals surface area contributed by atoms with Crippen LogP contribution in [-0.2, 0) is 4.79 Å². The van der Waals surface area contributed by atoms with E-state index in [1.807, 2.05) is 24.4 Å². The van der Waals surface area contributed by atoms with Crippen molar-refractivity contribution >= 4 is 17.4 Å². The van der Waals surface area contributed by atoms with Gasteiger partial charge in [0.1, 0.15) is 11.7 Å². The molecule has 0 bridgehead atoms. The van der Waals surface area contributed by atoms with E-state index in [1.54, 1.807) is 4.40 Å². The van der Waals surface area contributed by atoms with Crippen LogP contribution < -0.4 is 10.6 Å². The summed E-state index contributed by atoms with van der Waals surface area (Å²) in [7, 11) is 0. The number of nitriles is 1. The summed E-state index contributed by atoms with van der Waals surface area (Å²) in [5.41, 5.74) is 6.61. The van der Waals surface area contributed by atoms with Crippen LogP contribution in [0.1, 0.15) is 25.0 Å². The van der Waals surface area contributed by atoms with E-state index in [-0.39, 0.29) is 11.8 Å². The van der Waals surface area contributed by atoms with E-state index in [4.69, 9.17) is 5.73 Å². The number of aromatic nitrogens is 2. The predicted octanol–water partition coefficient (Wildman–Crippen LogP) is 1.30. The molecule has 2 N–H and O–H groups in total. The third kappa shape index (κ3) is 2.55. The Morgan fingerprint density at radius 1 is 1.52 bits per heavy atom. The maximum Gasteiger partial charge on any atom is 0.217 e. The highest BCUT2D eigenvalue weighted by molar-refractivity contribution is 5.74. The number of carbonyl (C=O) groups is 1. The Hall–Kier alpha value is -2.55. The van der Waals surface area contributed by atoms with Crippen LogP contribution >= 0.6 is 0 Å². The second kappa shape index (κ2) is 5.44. The van der Waals surface area contributed by atoms with Gasteiger partial charge in [-0.3, -0.25) is 9.20 Å². The molecule has 0 aromatic carbocycles. The van der Waals surface area contributed by atoms with Gasteiger partial charge in [-0.2, -0.15) is 5.26 Å². The molecule has 2 aromatic rings. The molecular formula is C15H17N5O. The molecule has 1 aliphatic rings. The maximum atomic E-state index is 11.1. The summed E-state index contributed by atoms with van der Waals surface area (Å²) < 4.78 is 1.80. The minimum atomic E-state index is -0.266. The number of primary amides is 1. The summed E-state index contributed by atoms with van der Waals surface area (Å²) in [6.45, 7) is 1.58. The third-order valence-electron chi connectivity index (χ3n) is 3.93. The number of hydrogen-bond acceptors (Lipinski definition) is 4. The van der Waals surface area contributed by atoms with E-state index in [2.05, 4.69) is 16.0 Å². The Labute approximate surface area is 122 Å². The first-order chi connectivity index (χ1) is 10.2. The number of pyridine rings is 1. The lowest BCUT2D eigenvalue weighted by molar-refractivity contribution is -0.118. The number of nitrogens with zero attached hydrogens (tertiary/aromatic N) is 4. The van der Waals surface area contributed by atoms with E-state index in [0.717, 1.165) is 31.6 Å². The summed E-state index contributed by atoms with van der Waals surface area (Å²) in [6.07, 6.45) is 4.21. The topological polar surface area (TPSA) is 87.4 Å². The summed E-state index contributed by atoms with van der Waals surface area (Å²) in [5.74, 6) is 0.683. The highest BCUT2D eigenvalue weighted by atomic mass is 16.1. The molecule has 21 heavy (non-hydrogen) atoms. The Morgan fingerprint density at radius 3 is 3.14 bits per heavy atom. The largest absolute Gasteiger partial charge is 0.370 e. The quantitative estimate of drug-likeness (QED) is 0.919. The van der Waals surface area contributed by atoms with Crippen LogP contribution in [0.2, 0.25) is 0 Å². The van der Waals surface area contributed by atoms with Crippen molar-refractivity contribution in [2.24, 2.45) is 11.7 Å². The molecule has 1 aliphatic heterocycles. The van der Waals surface area contributed by atoms with Crippen molar-refractivity contribution in [3.63, 3.8) is 0 Å². The van der Waals surface area contributed by atoms with Crippen molar-refractivity contribution in [1.82, 2.24) is 9.38 Å². The zero-order valence-corrected chi connectivity index (χ0v) is 11.7. The van der Waals surface area contributed by atoms with Crippen LogP contribution in [0.3, 0.4) is 0 Å². The molecule has 1 fully saturated rings. The van der Waals surface area contributed by atoms with Gasteiger partial charge in [0, 0.05) is 25.7 Å². The van der Waals surface area contributed by atoms with Gasteiger partial charge in [0.15, 0.2) is 11.5 Å². The van der Waals surface area contributed by atoms with Crippen LogP contribution in [0.15, 0.2) is 24.4 Å². The van der Waals surface area contributed by atoms with Gasteiger partial charge >= 0.3 is 0 Å². The zero-order chi connectivity index (χ0) is 14.8. The second-order valence-electron chi connectivity index (χ2n) is 5.45. The molecule has 1 amide bonds. The monoisotopic (exact) mass is 283 g/mol. The number of piperidine rings is 1. The molecular weight excluding hydrogens is 266 g/mol. The van der Waals surface area contributed by atoms with Crippen LogP contribution in [0.25, 0.3) is 5.65 Å². The normalized spacial score (nSPS) is 18.6. The van der Waals surface area contributed by atoms with E-state index >= 15 is 0 Å². The predicted molar refractivity (Wildman–Crippen MR) is 78.7 cm³/mol. The lowest BCUT2D eigenvalue weighted by Crippen LogP contribution is -2.37. The van der Waals surface area contributed by atoms with Gasteiger partial charge in [0.2, 0.25) is 5.91 Å². The fourth-order valence-corrected chi connectivity index (χ4v) is 3.02. The van der Waals surface area contributed by atoms with E-state index in [1.165, 1.54) is 0 Å². The first-order valence-electron chi connectivity index (χ1n) is 7.09. The van der Waals surface area contributed by atoms with Crippen molar-refractivity contribution in [2.45, 2.75) is 19.3 Å². The molecule has 3 rings (SSSR count). The summed E-state index contributed by atoms with van der Waals surface area (Å²) >= 11 is 0. The standard InChI is InChI=1S/C15H17N5O/c16-9-12-15(18-14-5-1-2-7-20(12)14)19-6-3-4-11(10-19)8-13(17)21/h1-2,5,7,11H,3-4,6,8,10H2,(H2,17,21)/t11-/m0/s1. The molecule has 2 aromatic heterocycles. The Bertz CT molecular complexity index is 714. The molecule has 0 saturated carbocycles. The van der Waals surface area contributed by atoms with Crippen LogP contribution in [0.5, 0.6) is 0 Å². The van der Waals surface area contributed by atoms with Crippen molar-refractivity contribution in [3.8, 4) is 6.07 Å². The van der Waals surface area contributed by atoms with E-state index < -0.39 is 0 Å². The summed E-state index contributed by atoms with van der Waals surface area (Å²) in [6, 6.07) is 7.91. The number of nitrogens with two attached hydrogens (primary N) is 1. The second-order valence-corrected chi connectivity index (χ2v) is 5.45. The van der Waals surface area contributed by atoms with Crippen molar-refractivity contribution in [1.29, 1.82) is 5.26 Å². The Kier molecular flexibility index (Phi) is 3.48. The average Bonchev–Trinajstić information content (AvgIpc) is 2.85. The fraction of sp³-hybridized carbons (Fsp3) is 0.400.